The average molecular weight is 300 g/mol. The molecule has 1 aromatic rings. The van der Waals surface area contributed by atoms with Crippen LogP contribution >= 0.6 is 0 Å². The van der Waals surface area contributed by atoms with Gasteiger partial charge in [-0.05, 0) is 56.9 Å². The Morgan fingerprint density at radius 2 is 2.14 bits per heavy atom. The van der Waals surface area contributed by atoms with Crippen molar-refractivity contribution in [1.29, 1.82) is 0 Å². The van der Waals surface area contributed by atoms with Crippen LogP contribution in [0, 0.1) is 0 Å². The van der Waals surface area contributed by atoms with Crippen molar-refractivity contribution < 1.29 is 9.59 Å². The number of carbonyl (C=O) groups is 2. The topological polar surface area (TPSA) is 49.4 Å². The number of nitrogens with one attached hydrogen (secondary N) is 1. The number of amides is 2. The number of hydrogen-bond acceptors (Lipinski definition) is 2. The molecule has 1 saturated carbocycles. The van der Waals surface area contributed by atoms with Gasteiger partial charge in [0.1, 0.15) is 0 Å². The molecule has 118 valence electrons. The zero-order valence-corrected chi connectivity index (χ0v) is 13.3. The fraction of sp³-hybridized carbons (Fsp3) is 0.444. The van der Waals surface area contributed by atoms with Crippen LogP contribution in [0.1, 0.15) is 38.7 Å². The second-order valence-electron chi connectivity index (χ2n) is 6.05. The summed E-state index contributed by atoms with van der Waals surface area (Å²) in [5.41, 5.74) is 1.60. The number of nitrogens with zero attached hydrogens (tertiary/aromatic N) is 1. The summed E-state index contributed by atoms with van der Waals surface area (Å²) >= 11 is 0. The third-order valence-electron chi connectivity index (χ3n) is 4.05. The van der Waals surface area contributed by atoms with Gasteiger partial charge in [0.15, 0.2) is 0 Å². The molecule has 1 fully saturated rings. The Morgan fingerprint density at radius 1 is 1.41 bits per heavy atom. The summed E-state index contributed by atoms with van der Waals surface area (Å²) in [5, 5.41) is 2.72. The van der Waals surface area contributed by atoms with Crippen LogP contribution in [-0.2, 0) is 16.0 Å². The molecule has 1 aromatic carbocycles. The Hall–Kier alpha value is -2.10. The summed E-state index contributed by atoms with van der Waals surface area (Å²) in [4.78, 5) is 26.0. The Kier molecular flexibility index (Phi) is 5.36. The highest BCUT2D eigenvalue weighted by Crippen LogP contribution is 2.27. The van der Waals surface area contributed by atoms with Crippen LogP contribution in [0.25, 0.3) is 0 Å². The van der Waals surface area contributed by atoms with E-state index in [0.717, 1.165) is 18.4 Å². The van der Waals surface area contributed by atoms with Gasteiger partial charge in [-0.25, -0.2) is 0 Å². The van der Waals surface area contributed by atoms with Crippen LogP contribution in [0.15, 0.2) is 36.9 Å². The lowest BCUT2D eigenvalue weighted by molar-refractivity contribution is -0.136. The minimum absolute atomic E-state index is 0.159. The van der Waals surface area contributed by atoms with Crippen molar-refractivity contribution in [2.45, 2.75) is 51.6 Å². The van der Waals surface area contributed by atoms with Crippen LogP contribution in [0.5, 0.6) is 0 Å². The van der Waals surface area contributed by atoms with E-state index in [4.69, 9.17) is 0 Å². The van der Waals surface area contributed by atoms with Gasteiger partial charge in [-0.1, -0.05) is 18.7 Å². The number of rotatable bonds is 6. The summed E-state index contributed by atoms with van der Waals surface area (Å²) < 4.78 is 0. The number of anilines is 1. The van der Waals surface area contributed by atoms with Gasteiger partial charge in [0.2, 0.25) is 11.8 Å². The van der Waals surface area contributed by atoms with Crippen LogP contribution in [-0.4, -0.2) is 28.8 Å². The summed E-state index contributed by atoms with van der Waals surface area (Å²) in [6.07, 6.45) is 5.03. The molecular formula is C18H24N2O2. The van der Waals surface area contributed by atoms with Gasteiger partial charge in [0.25, 0.3) is 0 Å². The van der Waals surface area contributed by atoms with Crippen molar-refractivity contribution in [1.82, 2.24) is 4.90 Å². The molecule has 4 heteroatoms. The van der Waals surface area contributed by atoms with Crippen molar-refractivity contribution in [3.05, 3.63) is 42.5 Å². The van der Waals surface area contributed by atoms with Crippen LogP contribution in [0.3, 0.4) is 0 Å². The fourth-order valence-electron chi connectivity index (χ4n) is 2.80. The van der Waals surface area contributed by atoms with Gasteiger partial charge < -0.3 is 10.2 Å². The summed E-state index contributed by atoms with van der Waals surface area (Å²) in [5.74, 6) is -0.0892. The maximum Gasteiger partial charge on any atom is 0.247 e. The molecule has 2 amide bonds. The van der Waals surface area contributed by atoms with Gasteiger partial charge in [-0.3, -0.25) is 9.59 Å². The quantitative estimate of drug-likeness (QED) is 0.821. The van der Waals surface area contributed by atoms with Gasteiger partial charge in [0.05, 0.1) is 6.42 Å². The molecule has 0 radical (unpaired) electrons. The molecule has 4 nitrogen and oxygen atoms in total. The van der Waals surface area contributed by atoms with Crippen molar-refractivity contribution in [2.24, 2.45) is 0 Å². The molecule has 0 spiro atoms. The predicted octanol–water partition coefficient (Wildman–Crippen LogP) is 3.14. The first-order chi connectivity index (χ1) is 10.5. The van der Waals surface area contributed by atoms with E-state index in [2.05, 4.69) is 25.7 Å². The largest absolute Gasteiger partial charge is 0.337 e. The molecule has 2 rings (SSSR count). The molecule has 0 aromatic heterocycles. The zero-order chi connectivity index (χ0) is 16.1. The minimum Gasteiger partial charge on any atom is -0.337 e. The second-order valence-corrected chi connectivity index (χ2v) is 6.05. The predicted molar refractivity (Wildman–Crippen MR) is 88.6 cm³/mol. The first kappa shape index (κ1) is 16.3. The Morgan fingerprint density at radius 3 is 2.68 bits per heavy atom. The maximum atomic E-state index is 12.6. The fourth-order valence-corrected chi connectivity index (χ4v) is 2.80. The van der Waals surface area contributed by atoms with Crippen molar-refractivity contribution in [2.75, 3.05) is 5.32 Å². The first-order valence-electron chi connectivity index (χ1n) is 7.84. The number of carbonyl (C=O) groups excluding carboxylic acids is 2. The maximum absolute atomic E-state index is 12.6. The molecule has 0 saturated heterocycles. The Labute approximate surface area is 132 Å². The molecule has 0 bridgehead atoms. The monoisotopic (exact) mass is 300 g/mol. The van der Waals surface area contributed by atoms with E-state index in [1.807, 2.05) is 29.2 Å². The van der Waals surface area contributed by atoms with E-state index in [0.29, 0.717) is 18.2 Å². The lowest BCUT2D eigenvalue weighted by Crippen LogP contribution is -2.48. The van der Waals surface area contributed by atoms with E-state index in [9.17, 15) is 9.59 Å². The SMILES string of the molecule is C=CC(=O)Nc1cccc(CC(=O)N(C(C)C)C2CCC2)c1. The summed E-state index contributed by atoms with van der Waals surface area (Å²) in [6.45, 7) is 7.57. The van der Waals surface area contributed by atoms with E-state index in [-0.39, 0.29) is 17.9 Å². The van der Waals surface area contributed by atoms with Crippen LogP contribution in [0.2, 0.25) is 0 Å². The van der Waals surface area contributed by atoms with Gasteiger partial charge >= 0.3 is 0 Å². The molecule has 0 atom stereocenters. The average Bonchev–Trinajstić information content (AvgIpc) is 2.42. The Balaban J connectivity index is 2.05. The normalized spacial score (nSPS) is 14.3. The lowest BCUT2D eigenvalue weighted by Gasteiger charge is -2.40. The first-order valence-corrected chi connectivity index (χ1v) is 7.84. The third kappa shape index (κ3) is 3.97. The molecule has 0 unspecified atom stereocenters. The molecule has 1 aliphatic rings. The van der Waals surface area contributed by atoms with Gasteiger partial charge in [-0.2, -0.15) is 0 Å². The molecular weight excluding hydrogens is 276 g/mol. The summed E-state index contributed by atoms with van der Waals surface area (Å²) in [6, 6.07) is 8.04. The minimum atomic E-state index is -0.248. The van der Waals surface area contributed by atoms with E-state index < -0.39 is 0 Å². The van der Waals surface area contributed by atoms with E-state index in [1.54, 1.807) is 0 Å². The molecule has 22 heavy (non-hydrogen) atoms. The number of benzene rings is 1. The van der Waals surface area contributed by atoms with Crippen molar-refractivity contribution in [3.8, 4) is 0 Å². The number of hydrogen-bond donors (Lipinski definition) is 1. The zero-order valence-electron chi connectivity index (χ0n) is 13.3. The van der Waals surface area contributed by atoms with Crippen LogP contribution in [0.4, 0.5) is 5.69 Å². The van der Waals surface area contributed by atoms with Gasteiger partial charge in [0, 0.05) is 17.8 Å². The molecule has 1 N–H and O–H groups in total. The molecule has 1 aliphatic carbocycles. The Bertz CT molecular complexity index is 562. The van der Waals surface area contributed by atoms with Crippen molar-refractivity contribution in [3.63, 3.8) is 0 Å². The van der Waals surface area contributed by atoms with Gasteiger partial charge in [-0.15, -0.1) is 0 Å². The highest BCUT2D eigenvalue weighted by Gasteiger charge is 2.30. The lowest BCUT2D eigenvalue weighted by atomic mass is 9.90. The van der Waals surface area contributed by atoms with E-state index in [1.165, 1.54) is 12.5 Å². The highest BCUT2D eigenvalue weighted by molar-refractivity contribution is 5.98. The third-order valence-corrected chi connectivity index (χ3v) is 4.05. The molecule has 0 heterocycles. The standard InChI is InChI=1S/C18H24N2O2/c1-4-17(21)19-15-8-5-7-14(11-15)12-18(22)20(13(2)3)16-9-6-10-16/h4-5,7-8,11,13,16H,1,6,9-10,12H2,2-3H3,(H,19,21). The smallest absolute Gasteiger partial charge is 0.247 e. The van der Waals surface area contributed by atoms with Crippen molar-refractivity contribution >= 4 is 17.5 Å². The van der Waals surface area contributed by atoms with E-state index >= 15 is 0 Å². The highest BCUT2D eigenvalue weighted by atomic mass is 16.2. The van der Waals surface area contributed by atoms with Crippen LogP contribution < -0.4 is 5.32 Å². The molecule has 0 aliphatic heterocycles. The summed E-state index contributed by atoms with van der Waals surface area (Å²) in [7, 11) is 0. The second kappa shape index (κ2) is 7.25.